The maximum Gasteiger partial charge on any atom is 0.239 e. The summed E-state index contributed by atoms with van der Waals surface area (Å²) in [5.74, 6) is 1.16. The first kappa shape index (κ1) is 12.4. The molecule has 102 valence electrons. The van der Waals surface area contributed by atoms with Gasteiger partial charge in [-0.3, -0.25) is 4.79 Å². The predicted octanol–water partition coefficient (Wildman–Crippen LogP) is 1.82. The Morgan fingerprint density at radius 1 is 1.26 bits per heavy atom. The number of carbonyl (C=O) groups excluding carboxylic acids is 1. The third-order valence-electron chi connectivity index (χ3n) is 3.80. The van der Waals surface area contributed by atoms with Crippen LogP contribution in [0.15, 0.2) is 12.3 Å². The topological polar surface area (TPSA) is 66.9 Å². The number of nitrogens with one attached hydrogen (secondary N) is 2. The Labute approximate surface area is 113 Å². The van der Waals surface area contributed by atoms with Gasteiger partial charge in [0.25, 0.3) is 0 Å². The van der Waals surface area contributed by atoms with Gasteiger partial charge in [-0.25, -0.2) is 9.97 Å². The number of hydrogen-bond acceptors (Lipinski definition) is 4. The van der Waals surface area contributed by atoms with Crippen molar-refractivity contribution < 1.29 is 4.79 Å². The van der Waals surface area contributed by atoms with Crippen molar-refractivity contribution >= 4 is 11.9 Å². The quantitative estimate of drug-likeness (QED) is 0.847. The largest absolute Gasteiger partial charge is 0.352 e. The minimum absolute atomic E-state index is 0.0253. The molecule has 19 heavy (non-hydrogen) atoms. The number of amides is 1. The number of aromatic nitrogens is 2. The first-order valence-electron chi connectivity index (χ1n) is 7.17. The van der Waals surface area contributed by atoms with Gasteiger partial charge >= 0.3 is 0 Å². The van der Waals surface area contributed by atoms with Crippen LogP contribution in [0.5, 0.6) is 0 Å². The number of hydrogen-bond donors (Lipinski definition) is 2. The first-order valence-corrected chi connectivity index (χ1v) is 7.17. The number of nitrogens with zero attached hydrogens (tertiary/aromatic N) is 2. The standard InChI is InChI=1S/C14H20N4O/c19-13(17-11-5-6-11)9-16-14-15-8-7-12(18-14)10-3-1-2-4-10/h7-8,10-11H,1-6,9H2,(H,17,19)(H,15,16,18). The highest BCUT2D eigenvalue weighted by Crippen LogP contribution is 2.32. The Balaban J connectivity index is 1.54. The van der Waals surface area contributed by atoms with E-state index < -0.39 is 0 Å². The molecule has 0 bridgehead atoms. The van der Waals surface area contributed by atoms with E-state index in [9.17, 15) is 4.79 Å². The average Bonchev–Trinajstić information content (AvgIpc) is 3.07. The van der Waals surface area contributed by atoms with Crippen molar-refractivity contribution in [3.63, 3.8) is 0 Å². The molecule has 0 unspecified atom stereocenters. The van der Waals surface area contributed by atoms with E-state index in [1.807, 2.05) is 6.07 Å². The van der Waals surface area contributed by atoms with E-state index in [4.69, 9.17) is 0 Å². The lowest BCUT2D eigenvalue weighted by molar-refractivity contribution is -0.119. The van der Waals surface area contributed by atoms with Gasteiger partial charge in [-0.05, 0) is 31.7 Å². The zero-order valence-corrected chi connectivity index (χ0v) is 11.1. The van der Waals surface area contributed by atoms with E-state index in [2.05, 4.69) is 20.6 Å². The molecular formula is C14H20N4O. The summed E-state index contributed by atoms with van der Waals surface area (Å²) in [6, 6.07) is 2.39. The van der Waals surface area contributed by atoms with E-state index >= 15 is 0 Å². The molecule has 2 aliphatic carbocycles. The van der Waals surface area contributed by atoms with Crippen molar-refractivity contribution in [1.82, 2.24) is 15.3 Å². The molecule has 0 spiro atoms. The van der Waals surface area contributed by atoms with Gasteiger partial charge in [0.1, 0.15) is 0 Å². The highest BCUT2D eigenvalue weighted by atomic mass is 16.2. The summed E-state index contributed by atoms with van der Waals surface area (Å²) in [7, 11) is 0. The van der Waals surface area contributed by atoms with Crippen LogP contribution >= 0.6 is 0 Å². The Morgan fingerprint density at radius 3 is 2.79 bits per heavy atom. The summed E-state index contributed by atoms with van der Waals surface area (Å²) < 4.78 is 0. The molecule has 2 saturated carbocycles. The van der Waals surface area contributed by atoms with Crippen molar-refractivity contribution in [2.75, 3.05) is 11.9 Å². The van der Waals surface area contributed by atoms with Crippen molar-refractivity contribution in [2.24, 2.45) is 0 Å². The second-order valence-electron chi connectivity index (χ2n) is 5.48. The molecule has 1 amide bonds. The van der Waals surface area contributed by atoms with Crippen LogP contribution in [0.1, 0.15) is 50.1 Å². The number of rotatable bonds is 5. The van der Waals surface area contributed by atoms with Gasteiger partial charge in [-0.15, -0.1) is 0 Å². The number of anilines is 1. The van der Waals surface area contributed by atoms with Crippen molar-refractivity contribution in [3.05, 3.63) is 18.0 Å². The fourth-order valence-electron chi connectivity index (χ4n) is 2.57. The van der Waals surface area contributed by atoms with Crippen LogP contribution in [-0.2, 0) is 4.79 Å². The van der Waals surface area contributed by atoms with Crippen LogP contribution in [0, 0.1) is 0 Å². The van der Waals surface area contributed by atoms with Crippen LogP contribution in [0.3, 0.4) is 0 Å². The Hall–Kier alpha value is -1.65. The summed E-state index contributed by atoms with van der Waals surface area (Å²) in [5, 5.41) is 5.94. The lowest BCUT2D eigenvalue weighted by atomic mass is 10.0. The smallest absolute Gasteiger partial charge is 0.239 e. The molecule has 1 heterocycles. The fourth-order valence-corrected chi connectivity index (χ4v) is 2.57. The highest BCUT2D eigenvalue weighted by molar-refractivity contribution is 5.80. The average molecular weight is 260 g/mol. The van der Waals surface area contributed by atoms with E-state index in [1.165, 1.54) is 25.7 Å². The van der Waals surface area contributed by atoms with Crippen LogP contribution < -0.4 is 10.6 Å². The van der Waals surface area contributed by atoms with E-state index in [1.54, 1.807) is 6.20 Å². The number of carbonyl (C=O) groups is 1. The SMILES string of the molecule is O=C(CNc1nccc(C2CCCC2)n1)NC1CC1. The third kappa shape index (κ3) is 3.43. The van der Waals surface area contributed by atoms with Gasteiger partial charge in [0, 0.05) is 23.9 Å². The Kier molecular flexibility index (Phi) is 3.62. The maximum absolute atomic E-state index is 11.6. The Bertz CT molecular complexity index is 453. The zero-order chi connectivity index (χ0) is 13.1. The van der Waals surface area contributed by atoms with Gasteiger partial charge in [-0.1, -0.05) is 12.8 Å². The van der Waals surface area contributed by atoms with Crippen molar-refractivity contribution in [3.8, 4) is 0 Å². The van der Waals surface area contributed by atoms with Crippen LogP contribution in [0.4, 0.5) is 5.95 Å². The van der Waals surface area contributed by atoms with Gasteiger partial charge in [0.15, 0.2) is 0 Å². The molecule has 0 saturated heterocycles. The third-order valence-corrected chi connectivity index (χ3v) is 3.80. The summed E-state index contributed by atoms with van der Waals surface area (Å²) >= 11 is 0. The molecular weight excluding hydrogens is 240 g/mol. The molecule has 1 aromatic rings. The first-order chi connectivity index (χ1) is 9.31. The molecule has 2 aliphatic rings. The lowest BCUT2D eigenvalue weighted by Gasteiger charge is -2.10. The molecule has 1 aromatic heterocycles. The van der Waals surface area contributed by atoms with Crippen LogP contribution in [-0.4, -0.2) is 28.5 Å². The van der Waals surface area contributed by atoms with Crippen molar-refractivity contribution in [2.45, 2.75) is 50.5 Å². The fraction of sp³-hybridized carbons (Fsp3) is 0.643. The summed E-state index contributed by atoms with van der Waals surface area (Å²) in [6.45, 7) is 0.255. The minimum atomic E-state index is 0.0253. The molecule has 0 aliphatic heterocycles. The van der Waals surface area contributed by atoms with Gasteiger partial charge in [-0.2, -0.15) is 0 Å². The lowest BCUT2D eigenvalue weighted by Crippen LogP contribution is -2.31. The predicted molar refractivity (Wildman–Crippen MR) is 72.9 cm³/mol. The summed E-state index contributed by atoms with van der Waals surface area (Å²) in [6.07, 6.45) is 9.03. The van der Waals surface area contributed by atoms with Gasteiger partial charge in [0.2, 0.25) is 11.9 Å². The molecule has 2 fully saturated rings. The van der Waals surface area contributed by atoms with Crippen molar-refractivity contribution in [1.29, 1.82) is 0 Å². The molecule has 2 N–H and O–H groups in total. The molecule has 5 heteroatoms. The zero-order valence-electron chi connectivity index (χ0n) is 11.1. The second-order valence-corrected chi connectivity index (χ2v) is 5.48. The van der Waals surface area contributed by atoms with Crippen LogP contribution in [0.25, 0.3) is 0 Å². The van der Waals surface area contributed by atoms with Gasteiger partial charge in [0.05, 0.1) is 6.54 Å². The second kappa shape index (κ2) is 5.55. The summed E-state index contributed by atoms with van der Waals surface area (Å²) in [4.78, 5) is 20.3. The van der Waals surface area contributed by atoms with Crippen LogP contribution in [0.2, 0.25) is 0 Å². The van der Waals surface area contributed by atoms with E-state index in [0.29, 0.717) is 17.9 Å². The minimum Gasteiger partial charge on any atom is -0.352 e. The Morgan fingerprint density at radius 2 is 2.05 bits per heavy atom. The van der Waals surface area contributed by atoms with Gasteiger partial charge < -0.3 is 10.6 Å². The van der Waals surface area contributed by atoms with E-state index in [0.717, 1.165) is 18.5 Å². The molecule has 0 radical (unpaired) electrons. The molecule has 0 atom stereocenters. The monoisotopic (exact) mass is 260 g/mol. The maximum atomic E-state index is 11.6. The summed E-state index contributed by atoms with van der Waals surface area (Å²) in [5.41, 5.74) is 1.11. The molecule has 3 rings (SSSR count). The molecule has 5 nitrogen and oxygen atoms in total. The normalized spacial score (nSPS) is 19.4. The molecule has 0 aromatic carbocycles. The van der Waals surface area contributed by atoms with E-state index in [-0.39, 0.29) is 12.5 Å². The highest BCUT2D eigenvalue weighted by Gasteiger charge is 2.23.